The Morgan fingerprint density at radius 1 is 1.30 bits per heavy atom. The molecule has 0 N–H and O–H groups in total. The van der Waals surface area contributed by atoms with Crippen molar-refractivity contribution in [1.29, 1.82) is 0 Å². The van der Waals surface area contributed by atoms with Gasteiger partial charge in [0, 0.05) is 36.1 Å². The van der Waals surface area contributed by atoms with Gasteiger partial charge in [0.2, 0.25) is 0 Å². The van der Waals surface area contributed by atoms with Crippen molar-refractivity contribution in [3.05, 3.63) is 42.7 Å². The Balaban J connectivity index is 1.45. The number of fused-ring (bicyclic) bond motifs is 1. The Labute approximate surface area is 139 Å². The van der Waals surface area contributed by atoms with Crippen LogP contribution in [0.5, 0.6) is 5.75 Å². The van der Waals surface area contributed by atoms with Gasteiger partial charge in [0.1, 0.15) is 5.75 Å². The number of amides is 1. The Kier molecular flexibility index (Phi) is 3.99. The lowest BCUT2D eigenvalue weighted by atomic mass is 10.1. The molecule has 1 aromatic carbocycles. The van der Waals surface area contributed by atoms with Crippen LogP contribution in [-0.2, 0) is 4.79 Å². The molecule has 2 aliphatic rings. The van der Waals surface area contributed by atoms with Crippen molar-refractivity contribution < 1.29 is 9.53 Å². The van der Waals surface area contributed by atoms with Crippen molar-refractivity contribution in [1.82, 2.24) is 14.7 Å². The van der Waals surface area contributed by atoms with Crippen LogP contribution in [0.2, 0.25) is 0 Å². The topological polar surface area (TPSA) is 47.4 Å². The first-order valence-electron chi connectivity index (χ1n) is 7.97. The predicted octanol–water partition coefficient (Wildman–Crippen LogP) is 2.60. The van der Waals surface area contributed by atoms with Crippen LogP contribution in [0.1, 0.15) is 18.9 Å². The highest BCUT2D eigenvalue weighted by atomic mass is 32.2. The Bertz CT molecular complexity index is 689. The highest BCUT2D eigenvalue weighted by Crippen LogP contribution is 2.35. The van der Waals surface area contributed by atoms with E-state index in [1.165, 1.54) is 0 Å². The molecule has 2 aromatic rings. The lowest BCUT2D eigenvalue weighted by molar-refractivity contribution is -0.139. The SMILES string of the molecule is O=C([C@H]1CSc2ccccc2O1)N1CCC[C@@H](n2cccn2)C1. The number of likely N-dealkylation sites (tertiary alicyclic amines) is 1. The number of piperidine rings is 1. The number of ether oxygens (including phenoxy) is 1. The van der Waals surface area contributed by atoms with Crippen molar-refractivity contribution in [2.45, 2.75) is 29.9 Å². The number of thioether (sulfide) groups is 1. The third-order valence-electron chi connectivity index (χ3n) is 4.39. The summed E-state index contributed by atoms with van der Waals surface area (Å²) in [7, 11) is 0. The van der Waals surface area contributed by atoms with E-state index in [2.05, 4.69) is 5.10 Å². The maximum atomic E-state index is 12.8. The van der Waals surface area contributed by atoms with Gasteiger partial charge in [-0.1, -0.05) is 12.1 Å². The zero-order valence-corrected chi connectivity index (χ0v) is 13.6. The smallest absolute Gasteiger partial charge is 0.264 e. The number of carbonyl (C=O) groups is 1. The summed E-state index contributed by atoms with van der Waals surface area (Å²) < 4.78 is 7.90. The molecule has 0 bridgehead atoms. The van der Waals surface area contributed by atoms with E-state index in [0.717, 1.165) is 30.0 Å². The van der Waals surface area contributed by atoms with Crippen molar-refractivity contribution in [2.75, 3.05) is 18.8 Å². The van der Waals surface area contributed by atoms with E-state index in [0.29, 0.717) is 12.3 Å². The minimum atomic E-state index is -0.383. The fraction of sp³-hybridized carbons (Fsp3) is 0.412. The highest BCUT2D eigenvalue weighted by molar-refractivity contribution is 7.99. The first kappa shape index (κ1) is 14.6. The number of nitrogens with zero attached hydrogens (tertiary/aromatic N) is 3. The molecule has 1 amide bonds. The summed E-state index contributed by atoms with van der Waals surface area (Å²) >= 11 is 1.70. The number of aromatic nitrogens is 2. The second kappa shape index (κ2) is 6.28. The first-order valence-corrected chi connectivity index (χ1v) is 8.96. The van der Waals surface area contributed by atoms with Crippen LogP contribution < -0.4 is 4.74 Å². The van der Waals surface area contributed by atoms with E-state index in [1.54, 1.807) is 18.0 Å². The summed E-state index contributed by atoms with van der Waals surface area (Å²) in [6.45, 7) is 1.52. The maximum absolute atomic E-state index is 12.8. The van der Waals surface area contributed by atoms with Gasteiger partial charge in [-0.05, 0) is 31.0 Å². The average Bonchev–Trinajstić information content (AvgIpc) is 3.15. The normalized spacial score (nSPS) is 23.9. The molecule has 2 aliphatic heterocycles. The maximum Gasteiger partial charge on any atom is 0.264 e. The van der Waals surface area contributed by atoms with Crippen LogP contribution in [0.4, 0.5) is 0 Å². The number of rotatable bonds is 2. The van der Waals surface area contributed by atoms with Gasteiger partial charge in [0.05, 0.1) is 6.04 Å². The third-order valence-corrected chi connectivity index (χ3v) is 5.51. The second-order valence-electron chi connectivity index (χ2n) is 5.93. The van der Waals surface area contributed by atoms with Gasteiger partial charge in [-0.15, -0.1) is 11.8 Å². The summed E-state index contributed by atoms with van der Waals surface area (Å²) in [5.74, 6) is 1.60. The molecule has 3 heterocycles. The molecule has 23 heavy (non-hydrogen) atoms. The fourth-order valence-corrected chi connectivity index (χ4v) is 4.19. The van der Waals surface area contributed by atoms with Crippen LogP contribution in [-0.4, -0.2) is 45.5 Å². The van der Waals surface area contributed by atoms with Gasteiger partial charge < -0.3 is 9.64 Å². The van der Waals surface area contributed by atoms with Crippen LogP contribution in [0.3, 0.4) is 0 Å². The lowest BCUT2D eigenvalue weighted by Crippen LogP contribution is -2.48. The first-order chi connectivity index (χ1) is 11.3. The predicted molar refractivity (Wildman–Crippen MR) is 88.7 cm³/mol. The summed E-state index contributed by atoms with van der Waals surface area (Å²) in [5, 5.41) is 4.32. The molecule has 120 valence electrons. The molecule has 1 fully saturated rings. The molecule has 0 unspecified atom stereocenters. The minimum absolute atomic E-state index is 0.101. The monoisotopic (exact) mass is 329 g/mol. The van der Waals surface area contributed by atoms with E-state index in [9.17, 15) is 4.79 Å². The quantitative estimate of drug-likeness (QED) is 0.850. The second-order valence-corrected chi connectivity index (χ2v) is 6.99. The molecule has 1 aromatic heterocycles. The average molecular weight is 329 g/mol. The van der Waals surface area contributed by atoms with E-state index in [4.69, 9.17) is 4.74 Å². The summed E-state index contributed by atoms with van der Waals surface area (Å²) in [5.41, 5.74) is 0. The standard InChI is InChI=1S/C17H19N3O2S/c21-17(15-12-23-16-7-2-1-6-14(16)22-15)19-9-3-5-13(11-19)20-10-4-8-18-20/h1-2,4,6-8,10,13,15H,3,5,9,11-12H2/t13-,15-/m1/s1. The lowest BCUT2D eigenvalue weighted by Gasteiger charge is -2.36. The van der Waals surface area contributed by atoms with Crippen molar-refractivity contribution >= 4 is 17.7 Å². The fourth-order valence-electron chi connectivity index (χ4n) is 3.21. The number of hydrogen-bond acceptors (Lipinski definition) is 4. The summed E-state index contributed by atoms with van der Waals surface area (Å²) in [6.07, 6.45) is 5.45. The molecule has 6 heteroatoms. The Morgan fingerprint density at radius 2 is 2.22 bits per heavy atom. The van der Waals surface area contributed by atoms with E-state index in [1.807, 2.05) is 46.1 Å². The summed E-state index contributed by atoms with van der Waals surface area (Å²) in [4.78, 5) is 15.9. The van der Waals surface area contributed by atoms with Gasteiger partial charge in [-0.25, -0.2) is 0 Å². The van der Waals surface area contributed by atoms with Gasteiger partial charge in [0.15, 0.2) is 6.10 Å². The van der Waals surface area contributed by atoms with Gasteiger partial charge in [0.25, 0.3) is 5.91 Å². The number of hydrogen-bond donors (Lipinski definition) is 0. The Morgan fingerprint density at radius 3 is 3.09 bits per heavy atom. The summed E-state index contributed by atoms with van der Waals surface area (Å²) in [6, 6.07) is 10.1. The molecule has 4 rings (SSSR count). The third kappa shape index (κ3) is 2.95. The zero-order chi connectivity index (χ0) is 15.6. The number of carbonyl (C=O) groups excluding carboxylic acids is 1. The molecule has 0 aliphatic carbocycles. The molecule has 0 spiro atoms. The van der Waals surface area contributed by atoms with Crippen LogP contribution in [0.25, 0.3) is 0 Å². The van der Waals surface area contributed by atoms with Gasteiger partial charge in [-0.2, -0.15) is 5.10 Å². The van der Waals surface area contributed by atoms with Crippen molar-refractivity contribution in [2.24, 2.45) is 0 Å². The van der Waals surface area contributed by atoms with E-state index < -0.39 is 0 Å². The van der Waals surface area contributed by atoms with Crippen LogP contribution in [0, 0.1) is 0 Å². The molecule has 1 saturated heterocycles. The van der Waals surface area contributed by atoms with Crippen LogP contribution in [0.15, 0.2) is 47.6 Å². The molecule has 0 saturated carbocycles. The van der Waals surface area contributed by atoms with E-state index in [-0.39, 0.29) is 18.1 Å². The van der Waals surface area contributed by atoms with Crippen LogP contribution >= 0.6 is 11.8 Å². The molecule has 5 nitrogen and oxygen atoms in total. The molecule has 0 radical (unpaired) electrons. The zero-order valence-electron chi connectivity index (χ0n) is 12.8. The van der Waals surface area contributed by atoms with Crippen molar-refractivity contribution in [3.8, 4) is 5.75 Å². The Hall–Kier alpha value is -1.95. The largest absolute Gasteiger partial charge is 0.479 e. The van der Waals surface area contributed by atoms with E-state index >= 15 is 0 Å². The number of para-hydroxylation sites is 1. The van der Waals surface area contributed by atoms with Crippen molar-refractivity contribution in [3.63, 3.8) is 0 Å². The van der Waals surface area contributed by atoms with Gasteiger partial charge >= 0.3 is 0 Å². The minimum Gasteiger partial charge on any atom is -0.479 e. The molecule has 2 atom stereocenters. The number of benzene rings is 1. The highest BCUT2D eigenvalue weighted by Gasteiger charge is 2.33. The molecular weight excluding hydrogens is 310 g/mol. The van der Waals surface area contributed by atoms with Gasteiger partial charge in [-0.3, -0.25) is 9.48 Å². The molecular formula is C17H19N3O2S.